The number of hydrogen-bond acceptors (Lipinski definition) is 4. The maximum absolute atomic E-state index is 10.3. The fraction of sp³-hybridized carbons (Fsp3) is 0.923. The van der Waals surface area contributed by atoms with Crippen molar-refractivity contribution in [2.45, 2.75) is 96.7 Å². The van der Waals surface area contributed by atoms with E-state index >= 15 is 0 Å². The van der Waals surface area contributed by atoms with Crippen molar-refractivity contribution in [1.29, 1.82) is 0 Å². The molecule has 4 heteroatoms. The molecule has 9 atom stereocenters. The standard InChI is InChI=1S/C26H46N2O2/c1-17-5-6-23-22(15-28-20-9-12-27-18(2)13-20)24(8-11-25(17,23)3)26(4)10-7-21(30)14-19(26)16-29/h18-24,27-30H,1,5-16H2,2-4H3/t18?,19-,20?,21+,22-,23?,24?,25+,26+/m1/s1. The zero-order valence-corrected chi connectivity index (χ0v) is 19.6. The van der Waals surface area contributed by atoms with E-state index in [1.54, 1.807) is 0 Å². The summed E-state index contributed by atoms with van der Waals surface area (Å²) in [4.78, 5) is 0. The highest BCUT2D eigenvalue weighted by atomic mass is 16.3. The van der Waals surface area contributed by atoms with Crippen molar-refractivity contribution in [3.8, 4) is 0 Å². The number of rotatable bonds is 5. The first-order valence-electron chi connectivity index (χ1n) is 12.7. The molecule has 0 amide bonds. The molecule has 4 fully saturated rings. The van der Waals surface area contributed by atoms with Crippen LogP contribution in [0.1, 0.15) is 78.6 Å². The van der Waals surface area contributed by atoms with Gasteiger partial charge in [-0.25, -0.2) is 0 Å². The largest absolute Gasteiger partial charge is 0.396 e. The summed E-state index contributed by atoms with van der Waals surface area (Å²) in [6.07, 6.45) is 9.87. The van der Waals surface area contributed by atoms with Gasteiger partial charge in [-0.2, -0.15) is 0 Å². The van der Waals surface area contributed by atoms with Crippen molar-refractivity contribution >= 4 is 0 Å². The number of aliphatic hydroxyl groups is 2. The van der Waals surface area contributed by atoms with Gasteiger partial charge >= 0.3 is 0 Å². The predicted molar refractivity (Wildman–Crippen MR) is 123 cm³/mol. The van der Waals surface area contributed by atoms with E-state index in [0.717, 1.165) is 32.4 Å². The van der Waals surface area contributed by atoms with Gasteiger partial charge in [-0.3, -0.25) is 0 Å². The maximum atomic E-state index is 10.3. The Morgan fingerprint density at radius 2 is 1.90 bits per heavy atom. The molecule has 30 heavy (non-hydrogen) atoms. The summed E-state index contributed by atoms with van der Waals surface area (Å²) in [5.74, 6) is 2.19. The van der Waals surface area contributed by atoms with Crippen molar-refractivity contribution in [3.63, 3.8) is 0 Å². The quantitative estimate of drug-likeness (QED) is 0.512. The lowest BCUT2D eigenvalue weighted by Gasteiger charge is -2.57. The van der Waals surface area contributed by atoms with Gasteiger partial charge in [-0.15, -0.1) is 0 Å². The number of piperidine rings is 1. The average Bonchev–Trinajstić information content (AvgIpc) is 3.03. The Bertz CT molecular complexity index is 624. The summed E-state index contributed by atoms with van der Waals surface area (Å²) in [6, 6.07) is 1.22. The fourth-order valence-electron chi connectivity index (χ4n) is 8.09. The highest BCUT2D eigenvalue weighted by molar-refractivity contribution is 5.21. The van der Waals surface area contributed by atoms with Crippen molar-refractivity contribution < 1.29 is 10.2 Å². The molecule has 1 saturated heterocycles. The molecule has 4 nitrogen and oxygen atoms in total. The fourth-order valence-corrected chi connectivity index (χ4v) is 8.09. The van der Waals surface area contributed by atoms with E-state index in [1.165, 1.54) is 44.1 Å². The summed E-state index contributed by atoms with van der Waals surface area (Å²) >= 11 is 0. The third-order valence-corrected chi connectivity index (χ3v) is 10.2. The predicted octanol–water partition coefficient (Wildman–Crippen LogP) is 3.87. The minimum absolute atomic E-state index is 0.132. The first-order chi connectivity index (χ1) is 14.3. The number of hydrogen-bond donors (Lipinski definition) is 4. The zero-order chi connectivity index (χ0) is 21.5. The van der Waals surface area contributed by atoms with Gasteiger partial charge in [0.05, 0.1) is 6.10 Å². The molecule has 3 aliphatic carbocycles. The minimum Gasteiger partial charge on any atom is -0.396 e. The van der Waals surface area contributed by atoms with Crippen LogP contribution in [0.3, 0.4) is 0 Å². The maximum Gasteiger partial charge on any atom is 0.0544 e. The minimum atomic E-state index is -0.233. The number of nitrogens with one attached hydrogen (secondary N) is 2. The van der Waals surface area contributed by atoms with E-state index in [-0.39, 0.29) is 24.0 Å². The van der Waals surface area contributed by atoms with Crippen LogP contribution >= 0.6 is 0 Å². The molecule has 0 aromatic heterocycles. The van der Waals surface area contributed by atoms with Crippen LogP contribution < -0.4 is 10.6 Å². The molecule has 1 aliphatic heterocycles. The molecular weight excluding hydrogens is 372 g/mol. The second kappa shape index (κ2) is 8.84. The highest BCUT2D eigenvalue weighted by Gasteiger charge is 2.56. The van der Waals surface area contributed by atoms with Gasteiger partial charge in [-0.1, -0.05) is 26.0 Å². The van der Waals surface area contributed by atoms with Crippen molar-refractivity contribution in [1.82, 2.24) is 10.6 Å². The Labute approximate surface area is 184 Å². The zero-order valence-electron chi connectivity index (χ0n) is 19.6. The van der Waals surface area contributed by atoms with Gasteiger partial charge in [0, 0.05) is 18.7 Å². The first-order valence-corrected chi connectivity index (χ1v) is 12.7. The highest BCUT2D eigenvalue weighted by Crippen LogP contribution is 2.63. The summed E-state index contributed by atoms with van der Waals surface area (Å²) in [5.41, 5.74) is 1.91. The summed E-state index contributed by atoms with van der Waals surface area (Å²) in [6.45, 7) is 14.2. The van der Waals surface area contributed by atoms with Crippen LogP contribution in [0.15, 0.2) is 12.2 Å². The van der Waals surface area contributed by atoms with E-state index < -0.39 is 0 Å². The molecule has 1 heterocycles. The van der Waals surface area contributed by atoms with Crippen LogP contribution in [0, 0.1) is 34.5 Å². The smallest absolute Gasteiger partial charge is 0.0544 e. The molecule has 4 aliphatic rings. The topological polar surface area (TPSA) is 64.5 Å². The number of fused-ring (bicyclic) bond motifs is 1. The van der Waals surface area contributed by atoms with Gasteiger partial charge < -0.3 is 20.8 Å². The molecule has 0 aromatic rings. The van der Waals surface area contributed by atoms with Gasteiger partial charge in [0.2, 0.25) is 0 Å². The van der Waals surface area contributed by atoms with Crippen LogP contribution in [0.25, 0.3) is 0 Å². The number of aliphatic hydroxyl groups excluding tert-OH is 2. The Morgan fingerprint density at radius 1 is 1.10 bits per heavy atom. The van der Waals surface area contributed by atoms with E-state index in [1.807, 2.05) is 0 Å². The van der Waals surface area contributed by atoms with Gasteiger partial charge in [0.1, 0.15) is 0 Å². The van der Waals surface area contributed by atoms with Crippen LogP contribution in [-0.2, 0) is 0 Å². The lowest BCUT2D eigenvalue weighted by Crippen LogP contribution is -2.54. The Hall–Kier alpha value is -0.420. The second-order valence-corrected chi connectivity index (χ2v) is 11.8. The Morgan fingerprint density at radius 3 is 2.63 bits per heavy atom. The molecule has 0 spiro atoms. The molecule has 3 saturated carbocycles. The summed E-state index contributed by atoms with van der Waals surface area (Å²) in [5, 5.41) is 28.1. The second-order valence-electron chi connectivity index (χ2n) is 11.8. The first kappa shape index (κ1) is 22.8. The molecule has 0 radical (unpaired) electrons. The molecule has 0 bridgehead atoms. The normalized spacial score (nSPS) is 49.8. The van der Waals surface area contributed by atoms with Crippen LogP contribution in [-0.4, -0.2) is 48.1 Å². The molecule has 4 N–H and O–H groups in total. The Kier molecular flexibility index (Phi) is 6.71. The van der Waals surface area contributed by atoms with Gasteiger partial charge in [0.25, 0.3) is 0 Å². The molecular formula is C26H46N2O2. The lowest BCUT2D eigenvalue weighted by molar-refractivity contribution is -0.0938. The van der Waals surface area contributed by atoms with E-state index in [4.69, 9.17) is 0 Å². The van der Waals surface area contributed by atoms with E-state index in [2.05, 4.69) is 38.0 Å². The molecule has 0 aromatic carbocycles. The molecule has 172 valence electrons. The van der Waals surface area contributed by atoms with Crippen molar-refractivity contribution in [2.24, 2.45) is 34.5 Å². The molecule has 4 rings (SSSR count). The van der Waals surface area contributed by atoms with Crippen molar-refractivity contribution in [3.05, 3.63) is 12.2 Å². The Balaban J connectivity index is 1.57. The van der Waals surface area contributed by atoms with Crippen molar-refractivity contribution in [2.75, 3.05) is 19.7 Å². The summed E-state index contributed by atoms with van der Waals surface area (Å²) in [7, 11) is 0. The van der Waals surface area contributed by atoms with Crippen LogP contribution in [0.2, 0.25) is 0 Å². The third kappa shape index (κ3) is 4.02. The van der Waals surface area contributed by atoms with Gasteiger partial charge in [-0.05, 0) is 112 Å². The number of allylic oxidation sites excluding steroid dienone is 1. The third-order valence-electron chi connectivity index (χ3n) is 10.2. The lowest BCUT2D eigenvalue weighted by atomic mass is 9.49. The van der Waals surface area contributed by atoms with Crippen LogP contribution in [0.5, 0.6) is 0 Å². The van der Waals surface area contributed by atoms with Gasteiger partial charge in [0.15, 0.2) is 0 Å². The molecule has 4 unspecified atom stereocenters. The monoisotopic (exact) mass is 418 g/mol. The SMILES string of the molecule is C=C1CCC2[C@@H](CNC3CCNC(C)C3)C([C@@]3(C)CC[C@H](O)C[C@@H]3CO)CC[C@@]12C. The van der Waals surface area contributed by atoms with E-state index in [9.17, 15) is 10.2 Å². The summed E-state index contributed by atoms with van der Waals surface area (Å²) < 4.78 is 0. The average molecular weight is 419 g/mol. The van der Waals surface area contributed by atoms with E-state index in [0.29, 0.717) is 35.3 Å². The van der Waals surface area contributed by atoms with Crippen LogP contribution in [0.4, 0.5) is 0 Å².